The van der Waals surface area contributed by atoms with Gasteiger partial charge in [0.2, 0.25) is 0 Å². The number of carboxylic acids is 1. The second-order valence-corrected chi connectivity index (χ2v) is 4.49. The Morgan fingerprint density at radius 2 is 2.00 bits per heavy atom. The average Bonchev–Trinajstić information content (AvgIpc) is 2.30. The quantitative estimate of drug-likeness (QED) is 0.845. The Hall–Kier alpha value is -1.71. The number of rotatable bonds is 6. The highest BCUT2D eigenvalue weighted by molar-refractivity contribution is 5.67. The molecule has 0 aliphatic carbocycles. The summed E-state index contributed by atoms with van der Waals surface area (Å²) in [6.07, 6.45) is 0.895. The molecule has 0 unspecified atom stereocenters. The van der Waals surface area contributed by atoms with Crippen molar-refractivity contribution in [1.82, 2.24) is 0 Å². The minimum absolute atomic E-state index is 0.0966. The number of carbonyl (C=O) groups is 1. The fourth-order valence-corrected chi connectivity index (χ4v) is 2.09. The van der Waals surface area contributed by atoms with Crippen LogP contribution in [0.3, 0.4) is 0 Å². The van der Waals surface area contributed by atoms with Crippen molar-refractivity contribution in [2.24, 2.45) is 5.92 Å². The Morgan fingerprint density at radius 1 is 1.33 bits per heavy atom. The maximum absolute atomic E-state index is 10.7. The first-order valence-electron chi connectivity index (χ1n) is 5.91. The molecule has 0 aliphatic rings. The van der Waals surface area contributed by atoms with Gasteiger partial charge in [0.15, 0.2) is 11.5 Å². The lowest BCUT2D eigenvalue weighted by Crippen LogP contribution is -2.08. The van der Waals surface area contributed by atoms with Crippen molar-refractivity contribution >= 4 is 5.97 Å². The van der Waals surface area contributed by atoms with E-state index in [9.17, 15) is 4.79 Å². The van der Waals surface area contributed by atoms with Crippen molar-refractivity contribution < 1.29 is 19.4 Å². The molecule has 0 aliphatic heterocycles. The molecule has 0 fully saturated rings. The molecule has 0 amide bonds. The van der Waals surface area contributed by atoms with Crippen LogP contribution in [-0.2, 0) is 11.2 Å². The van der Waals surface area contributed by atoms with Gasteiger partial charge in [-0.25, -0.2) is 0 Å². The highest BCUT2D eigenvalue weighted by atomic mass is 16.5. The molecule has 1 aromatic rings. The molecular formula is C14H20O4. The molecule has 0 heterocycles. The van der Waals surface area contributed by atoms with Crippen molar-refractivity contribution in [3.8, 4) is 11.5 Å². The molecule has 0 saturated heterocycles. The lowest BCUT2D eigenvalue weighted by atomic mass is 9.94. The van der Waals surface area contributed by atoms with E-state index >= 15 is 0 Å². The zero-order chi connectivity index (χ0) is 13.7. The van der Waals surface area contributed by atoms with Crippen molar-refractivity contribution in [1.29, 1.82) is 0 Å². The Kier molecular flexibility index (Phi) is 5.01. The van der Waals surface area contributed by atoms with E-state index in [0.29, 0.717) is 5.75 Å². The summed E-state index contributed by atoms with van der Waals surface area (Å²) in [5.74, 6) is 0.752. The number of carboxylic acid groups (broad SMARTS) is 1. The van der Waals surface area contributed by atoms with Crippen LogP contribution in [0.2, 0.25) is 0 Å². The third-order valence-electron chi connectivity index (χ3n) is 3.00. The molecule has 100 valence electrons. The van der Waals surface area contributed by atoms with E-state index in [0.717, 1.165) is 23.3 Å². The largest absolute Gasteiger partial charge is 0.493 e. The van der Waals surface area contributed by atoms with Gasteiger partial charge in [0.25, 0.3) is 0 Å². The van der Waals surface area contributed by atoms with Crippen LogP contribution in [0.25, 0.3) is 0 Å². The minimum atomic E-state index is -0.763. The van der Waals surface area contributed by atoms with Gasteiger partial charge in [-0.1, -0.05) is 13.0 Å². The van der Waals surface area contributed by atoms with Crippen molar-refractivity contribution in [2.45, 2.75) is 26.7 Å². The first-order valence-corrected chi connectivity index (χ1v) is 5.91. The number of methoxy groups -OCH3 is 2. The number of aliphatic carboxylic acids is 1. The van der Waals surface area contributed by atoms with Gasteiger partial charge < -0.3 is 14.6 Å². The molecule has 0 bridgehead atoms. The van der Waals surface area contributed by atoms with E-state index in [4.69, 9.17) is 14.6 Å². The standard InChI is InChI=1S/C14H20O4/c1-9(8-13(15)16)7-11-5-6-12(17-3)14(18-4)10(11)2/h5-6,9H,7-8H2,1-4H3,(H,15,16)/t9-/m0/s1. The topological polar surface area (TPSA) is 55.8 Å². The van der Waals surface area contributed by atoms with Crippen LogP contribution in [0.5, 0.6) is 11.5 Å². The van der Waals surface area contributed by atoms with Gasteiger partial charge in [0, 0.05) is 6.42 Å². The summed E-state index contributed by atoms with van der Waals surface area (Å²) in [6.45, 7) is 3.90. The van der Waals surface area contributed by atoms with Crippen molar-refractivity contribution in [3.63, 3.8) is 0 Å². The molecule has 0 aromatic heterocycles. The molecular weight excluding hydrogens is 232 g/mol. The predicted molar refractivity (Wildman–Crippen MR) is 69.4 cm³/mol. The van der Waals surface area contributed by atoms with Gasteiger partial charge in [-0.05, 0) is 36.5 Å². The fourth-order valence-electron chi connectivity index (χ4n) is 2.09. The predicted octanol–water partition coefficient (Wildman–Crippen LogP) is 2.67. The lowest BCUT2D eigenvalue weighted by molar-refractivity contribution is -0.137. The van der Waals surface area contributed by atoms with Gasteiger partial charge >= 0.3 is 5.97 Å². The normalized spacial score (nSPS) is 12.0. The van der Waals surface area contributed by atoms with Gasteiger partial charge in [-0.3, -0.25) is 4.79 Å². The van der Waals surface area contributed by atoms with Crippen LogP contribution >= 0.6 is 0 Å². The zero-order valence-electron chi connectivity index (χ0n) is 11.3. The van der Waals surface area contributed by atoms with E-state index in [-0.39, 0.29) is 12.3 Å². The summed E-state index contributed by atoms with van der Waals surface area (Å²) >= 11 is 0. The van der Waals surface area contributed by atoms with Crippen LogP contribution in [-0.4, -0.2) is 25.3 Å². The van der Waals surface area contributed by atoms with E-state index in [2.05, 4.69) is 0 Å². The molecule has 1 N–H and O–H groups in total. The van der Waals surface area contributed by atoms with E-state index in [1.807, 2.05) is 26.0 Å². The maximum atomic E-state index is 10.7. The van der Waals surface area contributed by atoms with Crippen LogP contribution in [0, 0.1) is 12.8 Å². The summed E-state index contributed by atoms with van der Waals surface area (Å²) in [6, 6.07) is 3.82. The molecule has 0 saturated carbocycles. The lowest BCUT2D eigenvalue weighted by Gasteiger charge is -2.16. The number of ether oxygens (including phenoxy) is 2. The molecule has 0 radical (unpaired) electrons. The molecule has 1 atom stereocenters. The monoisotopic (exact) mass is 252 g/mol. The number of benzene rings is 1. The molecule has 4 heteroatoms. The SMILES string of the molecule is COc1ccc(C[C@H](C)CC(=O)O)c(C)c1OC. The van der Waals surface area contributed by atoms with E-state index < -0.39 is 5.97 Å². The smallest absolute Gasteiger partial charge is 0.303 e. The van der Waals surface area contributed by atoms with E-state index in [1.54, 1.807) is 14.2 Å². The highest BCUT2D eigenvalue weighted by Gasteiger charge is 2.14. The molecule has 1 aromatic carbocycles. The molecule has 4 nitrogen and oxygen atoms in total. The van der Waals surface area contributed by atoms with Gasteiger partial charge in [-0.15, -0.1) is 0 Å². The third kappa shape index (κ3) is 3.39. The summed E-state index contributed by atoms with van der Waals surface area (Å²) in [5, 5.41) is 8.77. The first-order chi connectivity index (χ1) is 8.49. The Balaban J connectivity index is 2.93. The fraction of sp³-hybridized carbons (Fsp3) is 0.500. The molecule has 18 heavy (non-hydrogen) atoms. The van der Waals surface area contributed by atoms with Crippen LogP contribution in [0.4, 0.5) is 0 Å². The zero-order valence-corrected chi connectivity index (χ0v) is 11.3. The van der Waals surface area contributed by atoms with E-state index in [1.165, 1.54) is 0 Å². The van der Waals surface area contributed by atoms with Crippen molar-refractivity contribution in [3.05, 3.63) is 23.3 Å². The summed E-state index contributed by atoms with van der Waals surface area (Å²) in [4.78, 5) is 10.7. The summed E-state index contributed by atoms with van der Waals surface area (Å²) < 4.78 is 10.6. The van der Waals surface area contributed by atoms with Crippen molar-refractivity contribution in [2.75, 3.05) is 14.2 Å². The van der Waals surface area contributed by atoms with Gasteiger partial charge in [0.05, 0.1) is 14.2 Å². The van der Waals surface area contributed by atoms with Gasteiger partial charge in [-0.2, -0.15) is 0 Å². The minimum Gasteiger partial charge on any atom is -0.493 e. The Labute approximate surface area is 108 Å². The molecule has 0 spiro atoms. The summed E-state index contributed by atoms with van der Waals surface area (Å²) in [5.41, 5.74) is 2.11. The Bertz CT molecular complexity index is 426. The second-order valence-electron chi connectivity index (χ2n) is 4.49. The molecule has 1 rings (SSSR count). The number of hydrogen-bond acceptors (Lipinski definition) is 3. The maximum Gasteiger partial charge on any atom is 0.303 e. The average molecular weight is 252 g/mol. The Morgan fingerprint density at radius 3 is 2.50 bits per heavy atom. The first kappa shape index (κ1) is 14.4. The van der Waals surface area contributed by atoms with Gasteiger partial charge in [0.1, 0.15) is 0 Å². The third-order valence-corrected chi connectivity index (χ3v) is 3.00. The summed E-state index contributed by atoms with van der Waals surface area (Å²) in [7, 11) is 3.21. The number of hydrogen-bond donors (Lipinski definition) is 1. The van der Waals surface area contributed by atoms with Crippen LogP contribution < -0.4 is 9.47 Å². The van der Waals surface area contributed by atoms with Crippen LogP contribution in [0.1, 0.15) is 24.5 Å². The highest BCUT2D eigenvalue weighted by Crippen LogP contribution is 2.33. The second kappa shape index (κ2) is 6.28. The van der Waals surface area contributed by atoms with Crippen LogP contribution in [0.15, 0.2) is 12.1 Å².